The Morgan fingerprint density at radius 3 is 0.541 bits per heavy atom. The van der Waals surface area contributed by atoms with Gasteiger partial charge >= 0.3 is 17.9 Å². The lowest BCUT2D eigenvalue weighted by molar-refractivity contribution is -0.167. The Labute approximate surface area is 463 Å². The molecule has 0 amide bonds. The molecule has 1 atom stereocenters. The number of carbonyl (C=O) groups excluding carboxylic acids is 3. The van der Waals surface area contributed by atoms with Gasteiger partial charge in [0.2, 0.25) is 0 Å². The summed E-state index contributed by atoms with van der Waals surface area (Å²) in [7, 11) is 0. The number of hydrogen-bond donors (Lipinski definition) is 0. The van der Waals surface area contributed by atoms with Gasteiger partial charge in [0, 0.05) is 19.3 Å². The molecule has 6 nitrogen and oxygen atoms in total. The first-order valence-corrected chi connectivity index (χ1v) is 34.0. The number of ether oxygens (including phenoxy) is 3. The van der Waals surface area contributed by atoms with Gasteiger partial charge in [-0.25, -0.2) is 0 Å². The lowest BCUT2D eigenvalue weighted by atomic mass is 10.0. The summed E-state index contributed by atoms with van der Waals surface area (Å²) in [5.74, 6) is -0.833. The Morgan fingerprint density at radius 2 is 0.365 bits per heavy atom. The van der Waals surface area contributed by atoms with Crippen molar-refractivity contribution in [3.8, 4) is 0 Å². The molecule has 0 radical (unpaired) electrons. The Hall–Kier alpha value is -1.59. The van der Waals surface area contributed by atoms with Crippen LogP contribution in [0.25, 0.3) is 0 Å². The van der Waals surface area contributed by atoms with Gasteiger partial charge in [0.1, 0.15) is 13.2 Å². The zero-order valence-electron chi connectivity index (χ0n) is 50.7. The summed E-state index contributed by atoms with van der Waals surface area (Å²) in [4.78, 5) is 38.1. The minimum atomic E-state index is -0.761. The zero-order valence-corrected chi connectivity index (χ0v) is 50.7. The van der Waals surface area contributed by atoms with E-state index in [1.165, 1.54) is 302 Å². The van der Waals surface area contributed by atoms with Crippen molar-refractivity contribution in [2.24, 2.45) is 0 Å². The third-order valence-corrected chi connectivity index (χ3v) is 15.9. The molecule has 0 rings (SSSR count). The van der Waals surface area contributed by atoms with Crippen LogP contribution in [0.3, 0.4) is 0 Å². The molecule has 1 unspecified atom stereocenters. The molecule has 0 saturated heterocycles. The first-order chi connectivity index (χ1) is 36.5. The van der Waals surface area contributed by atoms with Gasteiger partial charge in [-0.3, -0.25) is 14.4 Å². The average Bonchev–Trinajstić information content (AvgIpc) is 3.40. The van der Waals surface area contributed by atoms with Crippen molar-refractivity contribution in [3.05, 3.63) is 0 Å². The van der Waals surface area contributed by atoms with Crippen molar-refractivity contribution >= 4 is 17.9 Å². The predicted octanol–water partition coefficient (Wildman–Crippen LogP) is 23.1. The van der Waals surface area contributed by atoms with Crippen LogP contribution in [-0.4, -0.2) is 37.2 Å². The van der Waals surface area contributed by atoms with Crippen molar-refractivity contribution in [1.82, 2.24) is 0 Å². The van der Waals surface area contributed by atoms with Crippen LogP contribution >= 0.6 is 0 Å². The molecule has 0 heterocycles. The fourth-order valence-corrected chi connectivity index (χ4v) is 10.7. The van der Waals surface area contributed by atoms with E-state index in [0.717, 1.165) is 57.8 Å². The number of carbonyl (C=O) groups is 3. The summed E-state index contributed by atoms with van der Waals surface area (Å²) in [6, 6.07) is 0. The minimum Gasteiger partial charge on any atom is -0.462 e. The SMILES string of the molecule is CCCCCCCCCCCCCCCCCCCCCCCCCCCCCCCCCC(=O)OCC(COC(=O)CCCCCCCCCC)OC(=O)CCCCCCCCCCCCCCCCCCC. The highest BCUT2D eigenvalue weighted by Crippen LogP contribution is 2.19. The van der Waals surface area contributed by atoms with E-state index in [-0.39, 0.29) is 31.1 Å². The first-order valence-electron chi connectivity index (χ1n) is 34.0. The quantitative estimate of drug-likeness (QED) is 0.0343. The van der Waals surface area contributed by atoms with Crippen LogP contribution in [0.15, 0.2) is 0 Å². The van der Waals surface area contributed by atoms with Crippen molar-refractivity contribution in [1.29, 1.82) is 0 Å². The molecule has 0 spiro atoms. The third kappa shape index (κ3) is 61.3. The second-order valence-corrected chi connectivity index (χ2v) is 23.5. The van der Waals surface area contributed by atoms with Crippen LogP contribution < -0.4 is 0 Å². The molecule has 0 aliphatic rings. The van der Waals surface area contributed by atoms with E-state index in [1.54, 1.807) is 0 Å². The molecule has 0 fully saturated rings. The van der Waals surface area contributed by atoms with Crippen LogP contribution in [-0.2, 0) is 28.6 Å². The molecule has 440 valence electrons. The molecule has 74 heavy (non-hydrogen) atoms. The zero-order chi connectivity index (χ0) is 53.6. The second kappa shape index (κ2) is 63.9. The van der Waals surface area contributed by atoms with E-state index in [0.29, 0.717) is 19.3 Å². The molecule has 0 saturated carbocycles. The van der Waals surface area contributed by atoms with Gasteiger partial charge in [-0.2, -0.15) is 0 Å². The largest absolute Gasteiger partial charge is 0.462 e. The molecule has 0 aromatic heterocycles. The van der Waals surface area contributed by atoms with Gasteiger partial charge < -0.3 is 14.2 Å². The van der Waals surface area contributed by atoms with Crippen LogP contribution in [0.4, 0.5) is 0 Å². The Kier molecular flexibility index (Phi) is 62.6. The van der Waals surface area contributed by atoms with E-state index in [1.807, 2.05) is 0 Å². The van der Waals surface area contributed by atoms with Gasteiger partial charge in [-0.1, -0.05) is 361 Å². The van der Waals surface area contributed by atoms with Gasteiger partial charge in [-0.05, 0) is 19.3 Å². The van der Waals surface area contributed by atoms with Crippen molar-refractivity contribution in [2.45, 2.75) is 406 Å². The Balaban J connectivity index is 3.97. The van der Waals surface area contributed by atoms with Crippen LogP contribution in [0.5, 0.6) is 0 Å². The fourth-order valence-electron chi connectivity index (χ4n) is 10.7. The van der Waals surface area contributed by atoms with Gasteiger partial charge in [0.15, 0.2) is 6.10 Å². The average molecular weight is 1050 g/mol. The fraction of sp³-hybridized carbons (Fsp3) is 0.956. The summed E-state index contributed by atoms with van der Waals surface area (Å²) in [6.07, 6.45) is 74.5. The van der Waals surface area contributed by atoms with Crippen molar-refractivity contribution in [2.75, 3.05) is 13.2 Å². The second-order valence-electron chi connectivity index (χ2n) is 23.5. The minimum absolute atomic E-state index is 0.0612. The maximum absolute atomic E-state index is 12.9. The van der Waals surface area contributed by atoms with E-state index in [9.17, 15) is 14.4 Å². The van der Waals surface area contributed by atoms with Gasteiger partial charge in [0.05, 0.1) is 0 Å². The maximum Gasteiger partial charge on any atom is 0.306 e. The van der Waals surface area contributed by atoms with Crippen LogP contribution in [0.1, 0.15) is 400 Å². The van der Waals surface area contributed by atoms with E-state index in [2.05, 4.69) is 20.8 Å². The molecular weight excluding hydrogens is 913 g/mol. The monoisotopic (exact) mass is 1050 g/mol. The summed E-state index contributed by atoms with van der Waals surface area (Å²) in [6.45, 7) is 6.69. The first kappa shape index (κ1) is 72.4. The summed E-state index contributed by atoms with van der Waals surface area (Å²) in [5.41, 5.74) is 0. The van der Waals surface area contributed by atoms with Gasteiger partial charge in [-0.15, -0.1) is 0 Å². The molecule has 0 aliphatic heterocycles. The molecule has 0 aromatic rings. The molecule has 6 heteroatoms. The maximum atomic E-state index is 12.9. The van der Waals surface area contributed by atoms with Crippen LogP contribution in [0, 0.1) is 0 Å². The van der Waals surface area contributed by atoms with Crippen molar-refractivity contribution < 1.29 is 28.6 Å². The Morgan fingerprint density at radius 1 is 0.216 bits per heavy atom. The number of rotatable bonds is 64. The van der Waals surface area contributed by atoms with E-state index >= 15 is 0 Å². The molecular formula is C68H132O6. The van der Waals surface area contributed by atoms with E-state index < -0.39 is 6.10 Å². The molecule has 0 aliphatic carbocycles. The van der Waals surface area contributed by atoms with Crippen LogP contribution in [0.2, 0.25) is 0 Å². The summed E-state index contributed by atoms with van der Waals surface area (Å²) >= 11 is 0. The predicted molar refractivity (Wildman–Crippen MR) is 321 cm³/mol. The summed E-state index contributed by atoms with van der Waals surface area (Å²) in [5, 5.41) is 0. The standard InChI is InChI=1S/C68H132O6/c1-4-7-10-13-16-19-21-23-25-27-28-29-30-31-32-33-34-35-36-37-38-39-40-42-43-45-47-49-52-55-58-61-67(70)73-64-65(63-72-66(69)60-57-54-51-18-15-12-9-6-3)74-68(71)62-59-56-53-50-48-46-44-41-26-24-22-20-17-14-11-8-5-2/h65H,4-64H2,1-3H3. The normalized spacial score (nSPS) is 11.9. The number of hydrogen-bond acceptors (Lipinski definition) is 6. The highest BCUT2D eigenvalue weighted by Gasteiger charge is 2.19. The smallest absolute Gasteiger partial charge is 0.306 e. The molecule has 0 aromatic carbocycles. The topological polar surface area (TPSA) is 78.9 Å². The Bertz CT molecular complexity index is 1110. The van der Waals surface area contributed by atoms with E-state index in [4.69, 9.17) is 14.2 Å². The third-order valence-electron chi connectivity index (χ3n) is 15.9. The number of esters is 3. The lowest BCUT2D eigenvalue weighted by Crippen LogP contribution is -2.30. The lowest BCUT2D eigenvalue weighted by Gasteiger charge is -2.18. The summed E-state index contributed by atoms with van der Waals surface area (Å²) < 4.78 is 16.9. The highest BCUT2D eigenvalue weighted by molar-refractivity contribution is 5.71. The number of unbranched alkanes of at least 4 members (excludes halogenated alkanes) is 53. The van der Waals surface area contributed by atoms with Gasteiger partial charge in [0.25, 0.3) is 0 Å². The van der Waals surface area contributed by atoms with Crippen molar-refractivity contribution in [3.63, 3.8) is 0 Å². The molecule has 0 bridgehead atoms. The molecule has 0 N–H and O–H groups in total. The highest BCUT2D eigenvalue weighted by atomic mass is 16.6.